The number of nitrogens with one attached hydrogen (secondary N) is 1. The summed E-state index contributed by atoms with van der Waals surface area (Å²) >= 11 is 1.80. The summed E-state index contributed by atoms with van der Waals surface area (Å²) in [5.41, 5.74) is 3.92. The van der Waals surface area contributed by atoms with Crippen molar-refractivity contribution in [3.8, 4) is 0 Å². The monoisotopic (exact) mass is 355 g/mol. The molecule has 0 aliphatic carbocycles. The molecule has 2 aromatic carbocycles. The Bertz CT molecular complexity index is 659. The van der Waals surface area contributed by atoms with Crippen LogP contribution in [-0.2, 0) is 16.0 Å². The van der Waals surface area contributed by atoms with Gasteiger partial charge in [-0.25, -0.2) is 0 Å². The Kier molecular flexibility index (Phi) is 7.12. The molecule has 0 radical (unpaired) electrons. The van der Waals surface area contributed by atoms with Crippen molar-refractivity contribution in [3.63, 3.8) is 0 Å². The highest BCUT2D eigenvalue weighted by Gasteiger charge is 2.14. The smallest absolute Gasteiger partial charge is 0.221 e. The number of carbonyl (C=O) groups excluding carboxylic acids is 1. The van der Waals surface area contributed by atoms with E-state index in [2.05, 4.69) is 74.6 Å². The van der Waals surface area contributed by atoms with Crippen LogP contribution in [0.3, 0.4) is 0 Å². The molecule has 0 saturated carbocycles. The van der Waals surface area contributed by atoms with Crippen molar-refractivity contribution < 1.29 is 4.79 Å². The van der Waals surface area contributed by atoms with E-state index in [9.17, 15) is 4.79 Å². The topological polar surface area (TPSA) is 29.1 Å². The molecule has 0 aliphatic rings. The van der Waals surface area contributed by atoms with E-state index in [4.69, 9.17) is 0 Å². The molecule has 0 bridgehead atoms. The second kappa shape index (κ2) is 9.10. The first-order valence-electron chi connectivity index (χ1n) is 8.88. The van der Waals surface area contributed by atoms with Gasteiger partial charge < -0.3 is 5.32 Å². The van der Waals surface area contributed by atoms with Gasteiger partial charge in [0.15, 0.2) is 0 Å². The van der Waals surface area contributed by atoms with E-state index in [0.29, 0.717) is 6.42 Å². The van der Waals surface area contributed by atoms with Crippen molar-refractivity contribution in [1.82, 2.24) is 5.32 Å². The van der Waals surface area contributed by atoms with Crippen molar-refractivity contribution >= 4 is 17.7 Å². The minimum absolute atomic E-state index is 0.0423. The highest BCUT2D eigenvalue weighted by Crippen LogP contribution is 2.24. The van der Waals surface area contributed by atoms with Crippen molar-refractivity contribution in [1.29, 1.82) is 0 Å². The lowest BCUT2D eigenvalue weighted by Crippen LogP contribution is -2.27. The lowest BCUT2D eigenvalue weighted by Gasteiger charge is -2.20. The number of benzene rings is 2. The van der Waals surface area contributed by atoms with Crippen molar-refractivity contribution in [3.05, 3.63) is 71.3 Å². The van der Waals surface area contributed by atoms with Gasteiger partial charge in [-0.3, -0.25) is 4.79 Å². The molecule has 0 saturated heterocycles. The van der Waals surface area contributed by atoms with E-state index < -0.39 is 0 Å². The largest absolute Gasteiger partial charge is 0.350 e. The Labute approximate surface area is 156 Å². The fraction of sp³-hybridized carbons (Fsp3) is 0.409. The van der Waals surface area contributed by atoms with Gasteiger partial charge in [0.25, 0.3) is 0 Å². The Morgan fingerprint density at radius 3 is 2.28 bits per heavy atom. The molecule has 1 atom stereocenters. The summed E-state index contributed by atoms with van der Waals surface area (Å²) in [5.74, 6) is 1.92. The minimum atomic E-state index is 0.0423. The summed E-state index contributed by atoms with van der Waals surface area (Å²) in [4.78, 5) is 12.1. The third-order valence-electron chi connectivity index (χ3n) is 4.24. The van der Waals surface area contributed by atoms with Gasteiger partial charge in [0, 0.05) is 17.9 Å². The van der Waals surface area contributed by atoms with E-state index >= 15 is 0 Å². The molecule has 0 heterocycles. The van der Waals surface area contributed by atoms with Gasteiger partial charge in [0.1, 0.15) is 0 Å². The Morgan fingerprint density at radius 1 is 1.04 bits per heavy atom. The lowest BCUT2D eigenvalue weighted by molar-refractivity contribution is -0.121. The number of rotatable bonds is 7. The summed E-state index contributed by atoms with van der Waals surface area (Å²) in [6.07, 6.45) is 0.557. The zero-order valence-corrected chi connectivity index (χ0v) is 16.5. The second-order valence-corrected chi connectivity index (χ2v) is 8.55. The van der Waals surface area contributed by atoms with Crippen LogP contribution in [0.4, 0.5) is 0 Å². The van der Waals surface area contributed by atoms with Gasteiger partial charge in [-0.1, -0.05) is 75.4 Å². The molecule has 2 aromatic rings. The van der Waals surface area contributed by atoms with Crippen LogP contribution >= 0.6 is 11.8 Å². The summed E-state index contributed by atoms with van der Waals surface area (Å²) in [6, 6.07) is 19.0. The lowest BCUT2D eigenvalue weighted by atomic mass is 9.86. The first-order chi connectivity index (χ1) is 11.9. The Hall–Kier alpha value is -1.74. The van der Waals surface area contributed by atoms with Crippen LogP contribution in [0.1, 0.15) is 56.8 Å². The van der Waals surface area contributed by atoms with Gasteiger partial charge in [0.2, 0.25) is 5.91 Å². The first-order valence-corrected chi connectivity index (χ1v) is 10.0. The van der Waals surface area contributed by atoms with Crippen molar-refractivity contribution in [2.24, 2.45) is 0 Å². The fourth-order valence-electron chi connectivity index (χ4n) is 2.60. The predicted octanol–water partition coefficient (Wildman–Crippen LogP) is 5.48. The minimum Gasteiger partial charge on any atom is -0.350 e. The maximum atomic E-state index is 12.1. The number of hydrogen-bond acceptors (Lipinski definition) is 2. The summed E-state index contributed by atoms with van der Waals surface area (Å²) in [7, 11) is 0. The normalized spacial score (nSPS) is 12.6. The van der Waals surface area contributed by atoms with Crippen LogP contribution in [0.2, 0.25) is 0 Å². The first kappa shape index (κ1) is 19.6. The van der Waals surface area contributed by atoms with Crippen LogP contribution in [0.25, 0.3) is 0 Å². The van der Waals surface area contributed by atoms with Gasteiger partial charge in [0.05, 0.1) is 6.04 Å². The van der Waals surface area contributed by atoms with E-state index in [-0.39, 0.29) is 17.4 Å². The SMILES string of the molecule is CC(NC(=O)CCSCc1ccccc1)c1ccc(C(C)(C)C)cc1. The van der Waals surface area contributed by atoms with E-state index in [1.807, 2.05) is 13.0 Å². The number of carbonyl (C=O) groups is 1. The average molecular weight is 356 g/mol. The van der Waals surface area contributed by atoms with Gasteiger partial charge in [-0.05, 0) is 29.0 Å². The molecule has 25 heavy (non-hydrogen) atoms. The standard InChI is InChI=1S/C22H29NOS/c1-17(19-10-12-20(13-11-19)22(2,3)4)23-21(24)14-15-25-16-18-8-6-5-7-9-18/h5-13,17H,14-16H2,1-4H3,(H,23,24). The average Bonchev–Trinajstić information content (AvgIpc) is 2.59. The highest BCUT2D eigenvalue weighted by atomic mass is 32.2. The maximum Gasteiger partial charge on any atom is 0.221 e. The number of amides is 1. The molecule has 0 fully saturated rings. The van der Waals surface area contributed by atoms with Gasteiger partial charge in [-0.15, -0.1) is 0 Å². The molecule has 2 rings (SSSR count). The molecule has 1 amide bonds. The molecule has 1 N–H and O–H groups in total. The van der Waals surface area contributed by atoms with E-state index in [1.165, 1.54) is 11.1 Å². The summed E-state index contributed by atoms with van der Waals surface area (Å²) in [6.45, 7) is 8.67. The maximum absolute atomic E-state index is 12.1. The molecule has 3 heteroatoms. The zero-order valence-electron chi connectivity index (χ0n) is 15.7. The predicted molar refractivity (Wildman–Crippen MR) is 109 cm³/mol. The van der Waals surface area contributed by atoms with E-state index in [1.54, 1.807) is 11.8 Å². The van der Waals surface area contributed by atoms with Crippen LogP contribution in [0.5, 0.6) is 0 Å². The number of thioether (sulfide) groups is 1. The molecular weight excluding hydrogens is 326 g/mol. The molecule has 134 valence electrons. The van der Waals surface area contributed by atoms with Crippen LogP contribution in [0, 0.1) is 0 Å². The quantitative estimate of drug-likeness (QED) is 0.666. The third kappa shape index (κ3) is 6.58. The van der Waals surface area contributed by atoms with Crippen molar-refractivity contribution in [2.75, 3.05) is 5.75 Å². The highest BCUT2D eigenvalue weighted by molar-refractivity contribution is 7.98. The molecular formula is C22H29NOS. The second-order valence-electron chi connectivity index (χ2n) is 7.45. The molecule has 0 aromatic heterocycles. The molecule has 0 spiro atoms. The Morgan fingerprint density at radius 2 is 1.68 bits per heavy atom. The molecule has 1 unspecified atom stereocenters. The van der Waals surface area contributed by atoms with Crippen LogP contribution < -0.4 is 5.32 Å². The van der Waals surface area contributed by atoms with Gasteiger partial charge >= 0.3 is 0 Å². The summed E-state index contributed by atoms with van der Waals surface area (Å²) < 4.78 is 0. The fourth-order valence-corrected chi connectivity index (χ4v) is 3.50. The third-order valence-corrected chi connectivity index (χ3v) is 5.27. The summed E-state index contributed by atoms with van der Waals surface area (Å²) in [5, 5.41) is 3.10. The number of hydrogen-bond donors (Lipinski definition) is 1. The van der Waals surface area contributed by atoms with Crippen LogP contribution in [-0.4, -0.2) is 11.7 Å². The van der Waals surface area contributed by atoms with Gasteiger partial charge in [-0.2, -0.15) is 11.8 Å². The Balaban J connectivity index is 1.74. The van der Waals surface area contributed by atoms with E-state index in [0.717, 1.165) is 17.1 Å². The molecule has 2 nitrogen and oxygen atoms in total. The zero-order chi connectivity index (χ0) is 18.3. The molecule has 0 aliphatic heterocycles. The van der Waals surface area contributed by atoms with Crippen LogP contribution in [0.15, 0.2) is 54.6 Å². The van der Waals surface area contributed by atoms with Crippen molar-refractivity contribution in [2.45, 2.75) is 51.3 Å².